The van der Waals surface area contributed by atoms with Crippen molar-refractivity contribution in [2.45, 2.75) is 39.3 Å². The molecule has 0 saturated carbocycles. The SMILES string of the molecule is Fc1cc(F)c(N2COc3cc(F)c(F)cc3C2)c(F)c1.Fc1ccc(N2COc3cc(F)c(F)c(F)c3C2)c(F)c1.Fc1ccc(N2COc3cc(F)c(F)c(F)c3C2)cc1.Fc1ccc(N2COc3cc(F)c(F)cc3C2)c(F)c1.Fc1ccc(N2COc3cc(F)c(F)cc3C2)cc1F.Fc1ccc2c(c1)CN(c1ccc(F)c(F)c1)CO2. The van der Waals surface area contributed by atoms with Crippen LogP contribution in [0.5, 0.6) is 34.5 Å². The lowest BCUT2D eigenvalue weighted by Gasteiger charge is -2.31. The third kappa shape index (κ3) is 19.6. The highest BCUT2D eigenvalue weighted by Gasteiger charge is 2.32. The lowest BCUT2D eigenvalue weighted by atomic mass is 10.1. The summed E-state index contributed by atoms with van der Waals surface area (Å²) in [7, 11) is 0. The van der Waals surface area contributed by atoms with Gasteiger partial charge in [-0.15, -0.1) is 0 Å². The largest absolute Gasteiger partial charge is 0.473 e. The molecule has 0 aromatic heterocycles. The molecule has 37 heteroatoms. The zero-order valence-corrected chi connectivity index (χ0v) is 61.3. The Bertz CT molecular complexity index is 5880. The van der Waals surface area contributed by atoms with Crippen LogP contribution in [-0.4, -0.2) is 40.4 Å². The van der Waals surface area contributed by atoms with E-state index < -0.39 is 145 Å². The number of fused-ring (bicyclic) bond motifs is 6. The number of nitrogens with zero attached hydrogens (tertiary/aromatic N) is 6. The van der Waals surface area contributed by atoms with Gasteiger partial charge in [-0.3, -0.25) is 0 Å². The van der Waals surface area contributed by atoms with Crippen LogP contribution in [0.1, 0.15) is 33.4 Å². The van der Waals surface area contributed by atoms with Crippen molar-refractivity contribution in [3.8, 4) is 34.5 Å². The van der Waals surface area contributed by atoms with Gasteiger partial charge in [-0.05, 0) is 109 Å². The van der Waals surface area contributed by atoms with Crippen molar-refractivity contribution in [2.75, 3.05) is 69.8 Å². The Balaban J connectivity index is 0.000000125. The molecule has 0 spiro atoms. The molecule has 0 unspecified atom stereocenters. The van der Waals surface area contributed by atoms with E-state index in [0.717, 1.165) is 102 Å². The second-order valence-corrected chi connectivity index (χ2v) is 26.7. The quantitative estimate of drug-likeness (QED) is 0.118. The standard InChI is InChI=1S/2C14H8F5NO.3C14H9F4NO.C14H10F3NO/c15-8-2-11(18)14(12(19)3-8)20-5-7-1-9(16)10(17)4-13(7)21-6-20;15-7-1-2-11(9(16)3-7)20-5-8-12(21-6-20)4-10(17)14(19)13(8)18;15-8-1-3-9(4-2-8)19-6-10-12(20-7-19)5-11(16)14(18)13(10)17;15-9-1-2-13(12(18)4-9)19-6-8-3-10(16)11(17)5-14(8)20-7-19;15-10-2-1-9(4-12(10)17)19-6-8-3-11(16)13(18)5-14(8)20-7-19;15-10-1-4-14-9(5-10)7-18(8-19-14)11-2-3-12(16)13(17)6-11/h2*1-4H,5-6H2;3*1-5H,6-7H2;1-6H,7-8H2. The van der Waals surface area contributed by atoms with Crippen LogP contribution in [0.2, 0.25) is 0 Å². The van der Waals surface area contributed by atoms with E-state index in [1.54, 1.807) is 20.8 Å². The van der Waals surface area contributed by atoms with Crippen molar-refractivity contribution < 1.29 is 138 Å². The maximum absolute atomic E-state index is 13.7. The normalized spacial score (nSPS) is 13.9. The van der Waals surface area contributed by atoms with E-state index in [2.05, 4.69) is 0 Å². The van der Waals surface area contributed by atoms with Gasteiger partial charge in [0.1, 0.15) is 80.9 Å². The molecule has 0 aliphatic carbocycles. The first-order valence-electron chi connectivity index (χ1n) is 35.2. The second kappa shape index (κ2) is 36.4. The molecule has 0 bridgehead atoms. The Labute approximate surface area is 668 Å². The molecule has 12 aromatic carbocycles. The third-order valence-electron chi connectivity index (χ3n) is 18.7. The molecule has 121 heavy (non-hydrogen) atoms. The molecule has 0 fully saturated rings. The van der Waals surface area contributed by atoms with Gasteiger partial charge in [0.25, 0.3) is 0 Å². The molecule has 12 nitrogen and oxygen atoms in total. The molecular weight excluding hydrogens is 1660 g/mol. The molecule has 6 aliphatic rings. The molecule has 12 aromatic rings. The fourth-order valence-corrected chi connectivity index (χ4v) is 12.7. The number of ether oxygens (including phenoxy) is 6. The average molecular weight is 1720 g/mol. The molecule has 0 radical (unpaired) electrons. The summed E-state index contributed by atoms with van der Waals surface area (Å²) in [6.07, 6.45) is 0. The van der Waals surface area contributed by atoms with E-state index in [1.807, 2.05) is 0 Å². The zero-order valence-electron chi connectivity index (χ0n) is 61.3. The van der Waals surface area contributed by atoms with E-state index in [1.165, 1.54) is 64.4 Å². The van der Waals surface area contributed by atoms with Crippen LogP contribution in [-0.2, 0) is 39.3 Å². The summed E-state index contributed by atoms with van der Waals surface area (Å²) in [5.41, 5.74) is 2.62. The summed E-state index contributed by atoms with van der Waals surface area (Å²) in [4.78, 5) is 8.71. The highest BCUT2D eigenvalue weighted by molar-refractivity contribution is 5.58. The van der Waals surface area contributed by atoms with Gasteiger partial charge in [0.15, 0.2) is 145 Å². The summed E-state index contributed by atoms with van der Waals surface area (Å²) in [6, 6.07) is 31.3. The molecule has 0 N–H and O–H groups in total. The number of benzene rings is 12. The topological polar surface area (TPSA) is 74.8 Å². The maximum Gasteiger partial charge on any atom is 0.195 e. The summed E-state index contributed by atoms with van der Waals surface area (Å²) >= 11 is 0. The molecule has 630 valence electrons. The van der Waals surface area contributed by atoms with Gasteiger partial charge in [0.05, 0.1) is 48.7 Å². The number of halogens is 25. The summed E-state index contributed by atoms with van der Waals surface area (Å²) in [5.74, 6) is -24.2. The maximum atomic E-state index is 13.7. The predicted octanol–water partition coefficient (Wildman–Crippen LogP) is 21.7. The van der Waals surface area contributed by atoms with Gasteiger partial charge in [-0.2, -0.15) is 0 Å². The predicted molar refractivity (Wildman–Crippen MR) is 386 cm³/mol. The van der Waals surface area contributed by atoms with Crippen molar-refractivity contribution in [1.82, 2.24) is 0 Å². The van der Waals surface area contributed by atoms with Crippen molar-refractivity contribution in [2.24, 2.45) is 0 Å². The van der Waals surface area contributed by atoms with Crippen LogP contribution in [0.15, 0.2) is 176 Å². The number of hydrogen-bond acceptors (Lipinski definition) is 12. The molecule has 6 heterocycles. The van der Waals surface area contributed by atoms with E-state index in [0.29, 0.717) is 64.2 Å². The van der Waals surface area contributed by atoms with Crippen LogP contribution < -0.4 is 57.8 Å². The molecule has 6 aliphatic heterocycles. The van der Waals surface area contributed by atoms with Crippen molar-refractivity contribution in [3.63, 3.8) is 0 Å². The van der Waals surface area contributed by atoms with E-state index >= 15 is 0 Å². The lowest BCUT2D eigenvalue weighted by molar-refractivity contribution is 0.277. The van der Waals surface area contributed by atoms with Gasteiger partial charge in [-0.1, -0.05) is 0 Å². The monoisotopic (exact) mass is 1720 g/mol. The van der Waals surface area contributed by atoms with Gasteiger partial charge in [-0.25, -0.2) is 110 Å². The van der Waals surface area contributed by atoms with Crippen molar-refractivity contribution in [3.05, 3.63) is 355 Å². The Morgan fingerprint density at radius 2 is 0.479 bits per heavy atom. The van der Waals surface area contributed by atoms with Crippen LogP contribution in [0.25, 0.3) is 0 Å². The average Bonchev–Trinajstić information content (AvgIpc) is 0.794. The summed E-state index contributed by atoms with van der Waals surface area (Å²) in [5, 5.41) is 0. The Morgan fingerprint density at radius 3 is 0.909 bits per heavy atom. The second-order valence-electron chi connectivity index (χ2n) is 26.7. The van der Waals surface area contributed by atoms with E-state index in [-0.39, 0.29) is 136 Å². The number of rotatable bonds is 6. The smallest absolute Gasteiger partial charge is 0.195 e. The fourth-order valence-electron chi connectivity index (χ4n) is 12.7. The summed E-state index contributed by atoms with van der Waals surface area (Å²) in [6.45, 7) is 0.274. The third-order valence-corrected chi connectivity index (χ3v) is 18.7. The molecule has 0 saturated heterocycles. The molecule has 0 atom stereocenters. The van der Waals surface area contributed by atoms with Crippen LogP contribution in [0.3, 0.4) is 0 Å². The first-order valence-corrected chi connectivity index (χ1v) is 35.2. The van der Waals surface area contributed by atoms with Gasteiger partial charge < -0.3 is 57.8 Å². The molecule has 18 rings (SSSR count). The number of anilines is 6. The van der Waals surface area contributed by atoms with E-state index in [9.17, 15) is 110 Å². The van der Waals surface area contributed by atoms with Gasteiger partial charge >= 0.3 is 0 Å². The first kappa shape index (κ1) is 85.4. The van der Waals surface area contributed by atoms with Crippen LogP contribution in [0.4, 0.5) is 144 Å². The van der Waals surface area contributed by atoms with E-state index in [4.69, 9.17) is 28.4 Å². The van der Waals surface area contributed by atoms with Crippen molar-refractivity contribution in [1.29, 1.82) is 0 Å². The molecule has 0 amide bonds. The lowest BCUT2D eigenvalue weighted by Crippen LogP contribution is -2.33. The molecular formula is C84H53F25N6O6. The first-order chi connectivity index (χ1) is 57.7. The van der Waals surface area contributed by atoms with Gasteiger partial charge in [0.2, 0.25) is 0 Å². The fraction of sp³-hybridized carbons (Fsp3) is 0.143. The van der Waals surface area contributed by atoms with Gasteiger partial charge in [0, 0.05) is 119 Å². The minimum absolute atomic E-state index is 0.0141. The van der Waals surface area contributed by atoms with Crippen LogP contribution >= 0.6 is 0 Å². The minimum atomic E-state index is -1.61. The van der Waals surface area contributed by atoms with Crippen molar-refractivity contribution >= 4 is 34.1 Å². The highest BCUT2D eigenvalue weighted by atomic mass is 19.2. The number of hydrogen-bond donors (Lipinski definition) is 0. The zero-order chi connectivity index (χ0) is 86.5. The highest BCUT2D eigenvalue weighted by Crippen LogP contribution is 2.40. The minimum Gasteiger partial charge on any atom is -0.473 e. The van der Waals surface area contributed by atoms with Crippen LogP contribution in [0, 0.1) is 145 Å². The Morgan fingerprint density at radius 1 is 0.182 bits per heavy atom. The summed E-state index contributed by atoms with van der Waals surface area (Å²) < 4.78 is 362. The Hall–Kier alpha value is -13.5. The Kier molecular flexibility index (Phi) is 25.7.